The lowest BCUT2D eigenvalue weighted by Gasteiger charge is -2.39. The van der Waals surface area contributed by atoms with Crippen molar-refractivity contribution in [3.05, 3.63) is 81.9 Å². The molecule has 43 heavy (non-hydrogen) atoms. The zero-order valence-electron chi connectivity index (χ0n) is 26.7. The van der Waals surface area contributed by atoms with Crippen LogP contribution in [-0.4, -0.2) is 57.8 Å². The first-order valence-electron chi connectivity index (χ1n) is 15.5. The van der Waals surface area contributed by atoms with Gasteiger partial charge >= 0.3 is 0 Å². The van der Waals surface area contributed by atoms with Crippen molar-refractivity contribution in [3.63, 3.8) is 0 Å². The molecule has 230 valence electrons. The lowest BCUT2D eigenvalue weighted by molar-refractivity contribution is -0.118. The third kappa shape index (κ3) is 6.81. The molecule has 1 amide bonds. The van der Waals surface area contributed by atoms with Gasteiger partial charge in [0.1, 0.15) is 0 Å². The number of hydrogen-bond acceptors (Lipinski definition) is 5. The van der Waals surface area contributed by atoms with Gasteiger partial charge in [-0.15, -0.1) is 0 Å². The molecule has 3 aromatic rings. The molecule has 0 bridgehead atoms. The van der Waals surface area contributed by atoms with E-state index in [4.69, 9.17) is 21.1 Å². The van der Waals surface area contributed by atoms with Crippen LogP contribution in [0.3, 0.4) is 0 Å². The number of amides is 1. The second kappa shape index (κ2) is 13.2. The monoisotopic (exact) mass is 603 g/mol. The number of hydrogen-bond donors (Lipinski definition) is 0. The van der Waals surface area contributed by atoms with Crippen molar-refractivity contribution in [1.82, 2.24) is 4.90 Å². The molecule has 1 fully saturated rings. The third-order valence-corrected chi connectivity index (χ3v) is 9.34. The van der Waals surface area contributed by atoms with Crippen LogP contribution in [0.15, 0.2) is 54.6 Å². The number of carbonyl (C=O) groups excluding carboxylic acids is 1. The van der Waals surface area contributed by atoms with Crippen molar-refractivity contribution < 1.29 is 14.3 Å². The van der Waals surface area contributed by atoms with Gasteiger partial charge in [-0.2, -0.15) is 0 Å². The van der Waals surface area contributed by atoms with Crippen molar-refractivity contribution in [3.8, 4) is 11.5 Å². The van der Waals surface area contributed by atoms with Gasteiger partial charge in [0, 0.05) is 36.0 Å². The summed E-state index contributed by atoms with van der Waals surface area (Å²) in [6.45, 7) is 7.20. The number of aryl methyl sites for hydroxylation is 1. The second-order valence-corrected chi connectivity index (χ2v) is 13.2. The highest BCUT2D eigenvalue weighted by Gasteiger charge is 2.36. The summed E-state index contributed by atoms with van der Waals surface area (Å²) in [5.74, 6) is 2.07. The molecule has 1 saturated carbocycles. The minimum atomic E-state index is -0.330. The summed E-state index contributed by atoms with van der Waals surface area (Å²) in [5.41, 5.74) is 6.24. The molecule has 1 atom stereocenters. The van der Waals surface area contributed by atoms with Crippen molar-refractivity contribution in [2.24, 2.45) is 5.92 Å². The fourth-order valence-electron chi connectivity index (χ4n) is 6.88. The second-order valence-electron chi connectivity index (χ2n) is 12.8. The predicted molar refractivity (Wildman–Crippen MR) is 177 cm³/mol. The minimum absolute atomic E-state index is 0.0162. The number of ether oxygens (including phenoxy) is 2. The summed E-state index contributed by atoms with van der Waals surface area (Å²) in [4.78, 5) is 20.7. The molecule has 6 nitrogen and oxygen atoms in total. The third-order valence-electron chi connectivity index (χ3n) is 9.09. The van der Waals surface area contributed by atoms with E-state index in [9.17, 15) is 4.79 Å². The molecule has 0 spiro atoms. The number of fused-ring (bicyclic) bond motifs is 1. The number of benzene rings is 3. The molecule has 1 aliphatic carbocycles. The smallest absolute Gasteiger partial charge is 0.232 e. The number of anilines is 2. The van der Waals surface area contributed by atoms with Crippen LogP contribution in [0.5, 0.6) is 11.5 Å². The van der Waals surface area contributed by atoms with E-state index in [2.05, 4.69) is 56.1 Å². The SMILES string of the molecule is COc1cc2c(cc1OC(C)C)[C@H](c1ccc(Cl)cc1)N(c1ccc(N(C)C[C@H]3CC[C@H](N(C)C)CC3)c(C)c1)C(=O)C2. The van der Waals surface area contributed by atoms with E-state index in [-0.39, 0.29) is 24.5 Å². The van der Waals surface area contributed by atoms with Crippen molar-refractivity contribution >= 4 is 28.9 Å². The quantitative estimate of drug-likeness (QED) is 0.251. The molecule has 3 aromatic carbocycles. The molecule has 0 unspecified atom stereocenters. The molecule has 0 aromatic heterocycles. The predicted octanol–water partition coefficient (Wildman–Crippen LogP) is 7.68. The standard InChI is InChI=1S/C36H46ClN3O3/c1-23(2)43-34-21-31-27(19-33(34)42-7)20-35(41)40(36(31)26-10-12-28(37)13-11-26)30-16-17-32(24(3)18-30)39(6)22-25-8-14-29(15-9-25)38(4)5/h10-13,16-19,21,23,25,29,36H,8-9,14-15,20,22H2,1-7H3/t25-,29-,36-/m0/s1. The van der Waals surface area contributed by atoms with Gasteiger partial charge in [0.2, 0.25) is 5.91 Å². The van der Waals surface area contributed by atoms with Gasteiger partial charge in [-0.25, -0.2) is 0 Å². The Morgan fingerprint density at radius 1 is 0.953 bits per heavy atom. The Morgan fingerprint density at radius 3 is 2.26 bits per heavy atom. The molecular weight excluding hydrogens is 558 g/mol. The molecular formula is C36H46ClN3O3. The molecule has 5 rings (SSSR count). The van der Waals surface area contributed by atoms with Crippen LogP contribution in [0.25, 0.3) is 0 Å². The van der Waals surface area contributed by atoms with Crippen molar-refractivity contribution in [2.75, 3.05) is 44.6 Å². The fraction of sp³-hybridized carbons (Fsp3) is 0.472. The van der Waals surface area contributed by atoms with E-state index >= 15 is 0 Å². The van der Waals surface area contributed by atoms with Crippen LogP contribution in [0.4, 0.5) is 11.4 Å². The van der Waals surface area contributed by atoms with E-state index in [0.717, 1.165) is 34.5 Å². The molecule has 0 saturated heterocycles. The van der Waals surface area contributed by atoms with Gasteiger partial charge in [0.25, 0.3) is 0 Å². The minimum Gasteiger partial charge on any atom is -0.493 e. The lowest BCUT2D eigenvalue weighted by atomic mass is 9.85. The van der Waals surface area contributed by atoms with Gasteiger partial charge in [0.05, 0.1) is 25.7 Å². The number of halogens is 1. The summed E-state index contributed by atoms with van der Waals surface area (Å²) < 4.78 is 11.8. The van der Waals surface area contributed by atoms with Crippen LogP contribution >= 0.6 is 11.6 Å². The first-order valence-corrected chi connectivity index (χ1v) is 15.9. The summed E-state index contributed by atoms with van der Waals surface area (Å²) >= 11 is 6.29. The van der Waals surface area contributed by atoms with Crippen LogP contribution in [-0.2, 0) is 11.2 Å². The van der Waals surface area contributed by atoms with E-state index in [1.54, 1.807) is 7.11 Å². The Morgan fingerprint density at radius 2 is 1.65 bits per heavy atom. The Labute approximate surface area is 262 Å². The van der Waals surface area contributed by atoms with Gasteiger partial charge < -0.3 is 24.2 Å². The Kier molecular flexibility index (Phi) is 9.57. The average molecular weight is 604 g/mol. The summed E-state index contributed by atoms with van der Waals surface area (Å²) in [5, 5.41) is 0.662. The first-order chi connectivity index (χ1) is 20.5. The summed E-state index contributed by atoms with van der Waals surface area (Å²) in [7, 11) is 8.22. The topological polar surface area (TPSA) is 45.3 Å². The van der Waals surface area contributed by atoms with Gasteiger partial charge in [-0.3, -0.25) is 4.79 Å². The molecule has 1 heterocycles. The van der Waals surface area contributed by atoms with E-state index in [0.29, 0.717) is 28.5 Å². The maximum absolute atomic E-state index is 14.0. The molecule has 2 aliphatic rings. The highest BCUT2D eigenvalue weighted by atomic mass is 35.5. The van der Waals surface area contributed by atoms with Gasteiger partial charge in [-0.05, 0) is 131 Å². The Hall–Kier alpha value is -3.22. The summed E-state index contributed by atoms with van der Waals surface area (Å²) in [6, 6.07) is 18.6. The summed E-state index contributed by atoms with van der Waals surface area (Å²) in [6.07, 6.45) is 5.34. The number of methoxy groups -OCH3 is 1. The molecule has 0 N–H and O–H groups in total. The highest BCUT2D eigenvalue weighted by molar-refractivity contribution is 6.30. The van der Waals surface area contributed by atoms with Crippen LogP contribution in [0.2, 0.25) is 5.02 Å². The van der Waals surface area contributed by atoms with Crippen molar-refractivity contribution in [2.45, 2.75) is 71.1 Å². The van der Waals surface area contributed by atoms with E-state index in [1.807, 2.05) is 55.1 Å². The Balaban J connectivity index is 1.48. The lowest BCUT2D eigenvalue weighted by Crippen LogP contribution is -2.41. The number of carbonyl (C=O) groups is 1. The first kappa shape index (κ1) is 31.2. The normalized spacial score (nSPS) is 20.4. The Bertz CT molecular complexity index is 1430. The van der Waals surface area contributed by atoms with E-state index < -0.39 is 0 Å². The maximum atomic E-state index is 14.0. The molecule has 0 radical (unpaired) electrons. The molecule has 7 heteroatoms. The maximum Gasteiger partial charge on any atom is 0.232 e. The van der Waals surface area contributed by atoms with Gasteiger partial charge in [0.15, 0.2) is 11.5 Å². The number of rotatable bonds is 9. The van der Waals surface area contributed by atoms with Crippen LogP contribution < -0.4 is 19.3 Å². The largest absolute Gasteiger partial charge is 0.493 e. The van der Waals surface area contributed by atoms with Crippen LogP contribution in [0, 0.1) is 12.8 Å². The fourth-order valence-corrected chi connectivity index (χ4v) is 7.00. The highest BCUT2D eigenvalue weighted by Crippen LogP contribution is 2.44. The zero-order chi connectivity index (χ0) is 30.8. The van der Waals surface area contributed by atoms with Crippen molar-refractivity contribution in [1.29, 1.82) is 0 Å². The average Bonchev–Trinajstić information content (AvgIpc) is 2.96. The molecule has 1 aliphatic heterocycles. The van der Waals surface area contributed by atoms with E-state index in [1.165, 1.54) is 31.4 Å². The number of nitrogens with zero attached hydrogens (tertiary/aromatic N) is 3. The van der Waals surface area contributed by atoms with Gasteiger partial charge in [-0.1, -0.05) is 23.7 Å². The van der Waals surface area contributed by atoms with Crippen LogP contribution in [0.1, 0.15) is 67.8 Å². The zero-order valence-corrected chi connectivity index (χ0v) is 27.4.